The van der Waals surface area contributed by atoms with Crippen LogP contribution in [0.2, 0.25) is 0 Å². The molecule has 0 spiro atoms. The normalized spacial score (nSPS) is 10.7. The number of azo groups is 1. The van der Waals surface area contributed by atoms with Gasteiger partial charge in [0.05, 0.1) is 24.5 Å². The minimum absolute atomic E-state index is 0.162. The molecule has 0 aliphatic carbocycles. The molecule has 0 radical (unpaired) electrons. The highest BCUT2D eigenvalue weighted by molar-refractivity contribution is 5.88. The predicted molar refractivity (Wildman–Crippen MR) is 86.4 cm³/mol. The van der Waals surface area contributed by atoms with E-state index in [1.165, 1.54) is 12.1 Å². The Morgan fingerprint density at radius 1 is 1.04 bits per heavy atom. The van der Waals surface area contributed by atoms with E-state index in [1.54, 1.807) is 30.3 Å². The van der Waals surface area contributed by atoms with Crippen molar-refractivity contribution < 1.29 is 19.4 Å². The summed E-state index contributed by atoms with van der Waals surface area (Å²) in [5.74, 6) is 0.258. The first kappa shape index (κ1) is 16.5. The second-order valence-electron chi connectivity index (χ2n) is 4.55. The Hall–Kier alpha value is -2.89. The van der Waals surface area contributed by atoms with E-state index in [0.717, 1.165) is 0 Å². The van der Waals surface area contributed by atoms with Crippen molar-refractivity contribution in [2.75, 3.05) is 13.2 Å². The van der Waals surface area contributed by atoms with Gasteiger partial charge in [0.25, 0.3) is 0 Å². The highest BCUT2D eigenvalue weighted by Crippen LogP contribution is 2.33. The topological polar surface area (TPSA) is 80.5 Å². The molecule has 2 rings (SSSR count). The van der Waals surface area contributed by atoms with Gasteiger partial charge in [0.1, 0.15) is 17.2 Å². The van der Waals surface area contributed by atoms with E-state index in [2.05, 4.69) is 10.2 Å². The zero-order valence-corrected chi connectivity index (χ0v) is 13.0. The van der Waals surface area contributed by atoms with Crippen molar-refractivity contribution in [3.05, 3.63) is 48.0 Å². The van der Waals surface area contributed by atoms with E-state index in [0.29, 0.717) is 36.1 Å². The van der Waals surface area contributed by atoms with E-state index in [1.807, 2.05) is 13.8 Å². The summed E-state index contributed by atoms with van der Waals surface area (Å²) in [4.78, 5) is 11.0. The summed E-state index contributed by atoms with van der Waals surface area (Å²) in [6, 6.07) is 11.6. The van der Waals surface area contributed by atoms with Crippen LogP contribution in [0, 0.1) is 0 Å². The van der Waals surface area contributed by atoms with Crippen molar-refractivity contribution in [2.45, 2.75) is 13.8 Å². The van der Waals surface area contributed by atoms with E-state index in [-0.39, 0.29) is 5.56 Å². The van der Waals surface area contributed by atoms with Crippen molar-refractivity contribution in [3.8, 4) is 11.5 Å². The Bertz CT molecular complexity index is 713. The molecule has 6 nitrogen and oxygen atoms in total. The summed E-state index contributed by atoms with van der Waals surface area (Å²) in [5.41, 5.74) is 1.14. The lowest BCUT2D eigenvalue weighted by molar-refractivity contribution is 0.0697. The highest BCUT2D eigenvalue weighted by Gasteiger charge is 2.06. The molecule has 0 aromatic heterocycles. The maximum Gasteiger partial charge on any atom is 0.335 e. The van der Waals surface area contributed by atoms with E-state index in [4.69, 9.17) is 14.6 Å². The molecule has 0 atom stereocenters. The number of carboxylic acids is 1. The fraction of sp³-hybridized carbons (Fsp3) is 0.235. The molecule has 0 fully saturated rings. The Kier molecular flexibility index (Phi) is 5.68. The van der Waals surface area contributed by atoms with Crippen molar-refractivity contribution in [1.29, 1.82) is 0 Å². The van der Waals surface area contributed by atoms with Gasteiger partial charge in [-0.15, -0.1) is 5.11 Å². The molecule has 0 heterocycles. The third-order valence-corrected chi connectivity index (χ3v) is 2.91. The summed E-state index contributed by atoms with van der Waals surface area (Å²) in [6.45, 7) is 4.83. The summed E-state index contributed by atoms with van der Waals surface area (Å²) in [7, 11) is 0. The lowest BCUT2D eigenvalue weighted by atomic mass is 10.2. The first-order valence-electron chi connectivity index (χ1n) is 7.28. The predicted octanol–water partition coefficient (Wildman–Crippen LogP) is 4.60. The van der Waals surface area contributed by atoms with Crippen molar-refractivity contribution >= 4 is 17.3 Å². The fourth-order valence-electron chi connectivity index (χ4n) is 1.92. The Labute approximate surface area is 134 Å². The maximum absolute atomic E-state index is 11.0. The third kappa shape index (κ3) is 4.54. The first-order valence-corrected chi connectivity index (χ1v) is 7.28. The summed E-state index contributed by atoms with van der Waals surface area (Å²) >= 11 is 0. The number of hydrogen-bond acceptors (Lipinski definition) is 5. The number of aromatic carboxylic acids is 1. The van der Waals surface area contributed by atoms with Gasteiger partial charge >= 0.3 is 5.97 Å². The quantitative estimate of drug-likeness (QED) is 0.757. The lowest BCUT2D eigenvalue weighted by Crippen LogP contribution is -1.94. The largest absolute Gasteiger partial charge is 0.494 e. The minimum atomic E-state index is -1.00. The molecule has 0 aliphatic heterocycles. The van der Waals surface area contributed by atoms with Crippen LogP contribution in [-0.2, 0) is 0 Å². The van der Waals surface area contributed by atoms with Crippen LogP contribution in [0.25, 0.3) is 0 Å². The zero-order chi connectivity index (χ0) is 16.7. The zero-order valence-electron chi connectivity index (χ0n) is 13.0. The molecule has 2 aromatic rings. The van der Waals surface area contributed by atoms with Gasteiger partial charge < -0.3 is 14.6 Å². The van der Waals surface area contributed by atoms with E-state index < -0.39 is 5.97 Å². The summed E-state index contributed by atoms with van der Waals surface area (Å²) < 4.78 is 11.0. The summed E-state index contributed by atoms with van der Waals surface area (Å²) in [5, 5.41) is 17.3. The molecule has 0 bridgehead atoms. The lowest BCUT2D eigenvalue weighted by Gasteiger charge is -2.08. The molecule has 0 saturated heterocycles. The Morgan fingerprint density at radius 2 is 1.83 bits per heavy atom. The maximum atomic E-state index is 11.0. The Balaban J connectivity index is 2.31. The number of rotatable bonds is 7. The van der Waals surface area contributed by atoms with Gasteiger partial charge in [-0.2, -0.15) is 5.11 Å². The van der Waals surface area contributed by atoms with Gasteiger partial charge in [0, 0.05) is 6.07 Å². The Morgan fingerprint density at radius 3 is 2.52 bits per heavy atom. The number of ether oxygens (including phenoxy) is 2. The smallest absolute Gasteiger partial charge is 0.335 e. The summed E-state index contributed by atoms with van der Waals surface area (Å²) in [6.07, 6.45) is 0. The molecule has 1 N–H and O–H groups in total. The third-order valence-electron chi connectivity index (χ3n) is 2.91. The molecule has 0 amide bonds. The second-order valence-corrected chi connectivity index (χ2v) is 4.55. The van der Waals surface area contributed by atoms with E-state index >= 15 is 0 Å². The van der Waals surface area contributed by atoms with Gasteiger partial charge in [-0.25, -0.2) is 4.79 Å². The van der Waals surface area contributed by atoms with Gasteiger partial charge in [-0.1, -0.05) is 6.07 Å². The fourth-order valence-corrected chi connectivity index (χ4v) is 1.92. The molecule has 0 aliphatic rings. The number of carbonyl (C=O) groups is 1. The number of nitrogens with zero attached hydrogens (tertiary/aromatic N) is 2. The SMILES string of the molecule is CCOc1ccc(OCC)c(N=Nc2cccc(C(=O)O)c2)c1. The average molecular weight is 314 g/mol. The van der Waals surface area contributed by atoms with Crippen molar-refractivity contribution in [1.82, 2.24) is 0 Å². The van der Waals surface area contributed by atoms with Crippen LogP contribution >= 0.6 is 0 Å². The molecule has 0 unspecified atom stereocenters. The number of hydrogen-bond donors (Lipinski definition) is 1. The van der Waals surface area contributed by atoms with Crippen molar-refractivity contribution in [2.24, 2.45) is 10.2 Å². The van der Waals surface area contributed by atoms with Gasteiger partial charge in [-0.3, -0.25) is 0 Å². The molecular formula is C17H18N2O4. The molecule has 0 saturated carbocycles. The van der Waals surface area contributed by atoms with Gasteiger partial charge in [0.2, 0.25) is 0 Å². The molecule has 23 heavy (non-hydrogen) atoms. The molecule has 120 valence electrons. The van der Waals surface area contributed by atoms with Crippen LogP contribution < -0.4 is 9.47 Å². The van der Waals surface area contributed by atoms with E-state index in [9.17, 15) is 4.79 Å². The average Bonchev–Trinajstić information content (AvgIpc) is 2.55. The molecule has 6 heteroatoms. The number of benzene rings is 2. The van der Waals surface area contributed by atoms with Crippen LogP contribution in [-0.4, -0.2) is 24.3 Å². The van der Waals surface area contributed by atoms with Crippen LogP contribution in [0.1, 0.15) is 24.2 Å². The molecular weight excluding hydrogens is 296 g/mol. The minimum Gasteiger partial charge on any atom is -0.494 e. The van der Waals surface area contributed by atoms with Crippen LogP contribution in [0.15, 0.2) is 52.7 Å². The van der Waals surface area contributed by atoms with Gasteiger partial charge in [0.15, 0.2) is 0 Å². The second kappa shape index (κ2) is 7.93. The molecule has 2 aromatic carbocycles. The van der Waals surface area contributed by atoms with Crippen LogP contribution in [0.3, 0.4) is 0 Å². The van der Waals surface area contributed by atoms with Crippen LogP contribution in [0.5, 0.6) is 11.5 Å². The van der Waals surface area contributed by atoms with Crippen molar-refractivity contribution in [3.63, 3.8) is 0 Å². The van der Waals surface area contributed by atoms with Crippen LogP contribution in [0.4, 0.5) is 11.4 Å². The first-order chi connectivity index (χ1) is 11.1. The van der Waals surface area contributed by atoms with Gasteiger partial charge in [-0.05, 0) is 44.2 Å². The highest BCUT2D eigenvalue weighted by atomic mass is 16.5. The number of carboxylic acid groups (broad SMARTS) is 1. The monoisotopic (exact) mass is 314 g/mol. The standard InChI is InChI=1S/C17H18N2O4/c1-3-22-14-8-9-16(23-4-2)15(11-14)19-18-13-7-5-6-12(10-13)17(20)21/h5-11H,3-4H2,1-2H3,(H,20,21).